The lowest BCUT2D eigenvalue weighted by Gasteiger charge is -2.35. The van der Waals surface area contributed by atoms with Crippen molar-refractivity contribution in [2.75, 3.05) is 5.73 Å². The molecule has 2 heterocycles. The van der Waals surface area contributed by atoms with E-state index in [1.54, 1.807) is 12.1 Å². The third-order valence-electron chi connectivity index (χ3n) is 5.49. The molecule has 0 bridgehead atoms. The van der Waals surface area contributed by atoms with Gasteiger partial charge in [0.05, 0.1) is 5.02 Å². The lowest BCUT2D eigenvalue weighted by atomic mass is 9.71. The fourth-order valence-corrected chi connectivity index (χ4v) is 4.55. The van der Waals surface area contributed by atoms with Crippen molar-refractivity contribution in [1.29, 1.82) is 0 Å². The van der Waals surface area contributed by atoms with Gasteiger partial charge in [0.25, 0.3) is 0 Å². The van der Waals surface area contributed by atoms with Crippen molar-refractivity contribution >= 4 is 50.8 Å². The number of nitrogen functional groups attached to an aromatic ring is 1. The predicted octanol–water partition coefficient (Wildman–Crippen LogP) is 5.38. The van der Waals surface area contributed by atoms with Crippen LogP contribution in [0, 0.1) is 11.3 Å². The van der Waals surface area contributed by atoms with Crippen LogP contribution in [0.25, 0.3) is 21.7 Å². The van der Waals surface area contributed by atoms with E-state index in [1.807, 2.05) is 0 Å². The molecule has 4 nitrogen and oxygen atoms in total. The third-order valence-corrected chi connectivity index (χ3v) is 5.99. The molecule has 2 N–H and O–H groups in total. The summed E-state index contributed by atoms with van der Waals surface area (Å²) in [6, 6.07) is 3.36. The average Bonchev–Trinajstić information content (AvgIpc) is 2.54. The highest BCUT2D eigenvalue weighted by atomic mass is 35.5. The van der Waals surface area contributed by atoms with Gasteiger partial charge in [-0.25, -0.2) is 9.78 Å². The van der Waals surface area contributed by atoms with Crippen LogP contribution < -0.4 is 11.4 Å². The number of rotatable bonds is 0. The Morgan fingerprint density at radius 3 is 2.65 bits per heavy atom. The molecule has 0 saturated carbocycles. The van der Waals surface area contributed by atoms with Crippen LogP contribution in [0.5, 0.6) is 0 Å². The van der Waals surface area contributed by atoms with Gasteiger partial charge in [-0.3, -0.25) is 0 Å². The number of hydrogen-bond acceptors (Lipinski definition) is 4. The first-order chi connectivity index (χ1) is 12.2. The molecule has 3 aromatic rings. The minimum absolute atomic E-state index is 0.163. The largest absolute Gasteiger partial charge is 0.421 e. The van der Waals surface area contributed by atoms with E-state index in [4.69, 9.17) is 33.4 Å². The predicted molar refractivity (Wildman–Crippen MR) is 107 cm³/mol. The maximum atomic E-state index is 12.6. The summed E-state index contributed by atoms with van der Waals surface area (Å²) in [5.74, 6) is 0.695. The van der Waals surface area contributed by atoms with E-state index in [0.717, 1.165) is 41.3 Å². The topological polar surface area (TPSA) is 69.1 Å². The van der Waals surface area contributed by atoms with Gasteiger partial charge in [-0.2, -0.15) is 0 Å². The summed E-state index contributed by atoms with van der Waals surface area (Å²) in [5.41, 5.74) is 8.15. The molecule has 4 rings (SSSR count). The van der Waals surface area contributed by atoms with Crippen molar-refractivity contribution in [3.05, 3.63) is 43.9 Å². The molecule has 6 heteroatoms. The fraction of sp³-hybridized carbons (Fsp3) is 0.400. The van der Waals surface area contributed by atoms with Gasteiger partial charge in [-0.15, -0.1) is 0 Å². The molecule has 0 aliphatic heterocycles. The maximum Gasteiger partial charge on any atom is 0.348 e. The highest BCUT2D eigenvalue weighted by Crippen LogP contribution is 2.42. The zero-order valence-corrected chi connectivity index (χ0v) is 16.5. The van der Waals surface area contributed by atoms with E-state index >= 15 is 0 Å². The highest BCUT2D eigenvalue weighted by molar-refractivity contribution is 6.39. The second-order valence-electron chi connectivity index (χ2n) is 8.13. The van der Waals surface area contributed by atoms with E-state index in [1.165, 1.54) is 0 Å². The number of fused-ring (bicyclic) bond motifs is 5. The van der Waals surface area contributed by atoms with Gasteiger partial charge in [-0.05, 0) is 48.3 Å². The number of aryl methyl sites for hydroxylation is 1. The van der Waals surface area contributed by atoms with Crippen LogP contribution in [-0.4, -0.2) is 4.98 Å². The average molecular weight is 391 g/mol. The molecule has 136 valence electrons. The Bertz CT molecular complexity index is 1110. The summed E-state index contributed by atoms with van der Waals surface area (Å²) in [6.45, 7) is 6.74. The SMILES string of the molecule is CC(C)(C)C1CCc2nc(N)c3c(=O)oc4c(Cl)cc(Cl)cc4c3c2C1. The first kappa shape index (κ1) is 17.6. The molecule has 0 amide bonds. The summed E-state index contributed by atoms with van der Waals surface area (Å²) in [6.07, 6.45) is 2.73. The first-order valence-corrected chi connectivity index (χ1v) is 9.45. The van der Waals surface area contributed by atoms with Crippen LogP contribution in [0.15, 0.2) is 21.3 Å². The van der Waals surface area contributed by atoms with E-state index in [0.29, 0.717) is 26.9 Å². The number of hydrogen-bond donors (Lipinski definition) is 1. The highest BCUT2D eigenvalue weighted by Gasteiger charge is 2.32. The minimum Gasteiger partial charge on any atom is -0.421 e. The normalized spacial score (nSPS) is 17.7. The second kappa shape index (κ2) is 5.86. The summed E-state index contributed by atoms with van der Waals surface area (Å²) in [7, 11) is 0. The molecular weight excluding hydrogens is 371 g/mol. The number of nitrogens with two attached hydrogens (primary N) is 1. The van der Waals surface area contributed by atoms with Crippen molar-refractivity contribution in [2.24, 2.45) is 11.3 Å². The minimum atomic E-state index is -0.512. The first-order valence-electron chi connectivity index (χ1n) is 8.69. The van der Waals surface area contributed by atoms with Crippen LogP contribution in [-0.2, 0) is 12.8 Å². The zero-order valence-electron chi connectivity index (χ0n) is 15.0. The van der Waals surface area contributed by atoms with E-state index in [2.05, 4.69) is 25.8 Å². The van der Waals surface area contributed by atoms with Crippen LogP contribution in [0.3, 0.4) is 0 Å². The van der Waals surface area contributed by atoms with E-state index < -0.39 is 5.63 Å². The number of nitrogens with zero attached hydrogens (tertiary/aromatic N) is 1. The molecule has 0 spiro atoms. The van der Waals surface area contributed by atoms with Gasteiger partial charge < -0.3 is 10.2 Å². The second-order valence-corrected chi connectivity index (χ2v) is 8.98. The lowest BCUT2D eigenvalue weighted by Crippen LogP contribution is -2.28. The number of benzene rings is 1. The molecular formula is C20H20Cl2N2O2. The summed E-state index contributed by atoms with van der Waals surface area (Å²) < 4.78 is 5.46. The molecule has 1 aliphatic carbocycles. The summed E-state index contributed by atoms with van der Waals surface area (Å²) in [4.78, 5) is 17.2. The lowest BCUT2D eigenvalue weighted by molar-refractivity contribution is 0.215. The third kappa shape index (κ3) is 2.67. The van der Waals surface area contributed by atoms with Crippen molar-refractivity contribution in [3.8, 4) is 0 Å². The summed E-state index contributed by atoms with van der Waals surface area (Å²) in [5, 5.41) is 2.64. The van der Waals surface area contributed by atoms with Crippen molar-refractivity contribution in [1.82, 2.24) is 4.98 Å². The van der Waals surface area contributed by atoms with Crippen LogP contribution >= 0.6 is 23.2 Å². The Morgan fingerprint density at radius 2 is 1.96 bits per heavy atom. The van der Waals surface area contributed by atoms with Crippen LogP contribution in [0.4, 0.5) is 5.82 Å². The van der Waals surface area contributed by atoms with Crippen LogP contribution in [0.2, 0.25) is 10.0 Å². The Kier molecular flexibility index (Phi) is 3.97. The van der Waals surface area contributed by atoms with Gasteiger partial charge >= 0.3 is 5.63 Å². The molecule has 1 aliphatic rings. The number of anilines is 1. The number of halogens is 2. The van der Waals surface area contributed by atoms with Gasteiger partial charge in [0.1, 0.15) is 11.2 Å². The number of pyridine rings is 1. The Morgan fingerprint density at radius 1 is 1.23 bits per heavy atom. The van der Waals surface area contributed by atoms with E-state index in [-0.39, 0.29) is 11.2 Å². The fourth-order valence-electron chi connectivity index (χ4n) is 4.01. The van der Waals surface area contributed by atoms with Gasteiger partial charge in [-0.1, -0.05) is 44.0 Å². The molecule has 1 aromatic carbocycles. The quantitative estimate of drug-likeness (QED) is 0.413. The summed E-state index contributed by atoms with van der Waals surface area (Å²) >= 11 is 12.5. The molecule has 1 unspecified atom stereocenters. The standard InChI is InChI=1S/C20H20Cl2N2O2/c1-20(2,3)9-4-5-14-11(6-9)15-12-7-10(21)8-13(22)17(12)26-19(25)16(15)18(23)24-14/h7-9H,4-6H2,1-3H3,(H2,23,24). The smallest absolute Gasteiger partial charge is 0.348 e. The van der Waals surface area contributed by atoms with Gasteiger partial charge in [0.2, 0.25) is 0 Å². The van der Waals surface area contributed by atoms with Crippen molar-refractivity contribution in [2.45, 2.75) is 40.0 Å². The molecule has 0 fully saturated rings. The maximum absolute atomic E-state index is 12.6. The molecule has 2 aromatic heterocycles. The van der Waals surface area contributed by atoms with E-state index in [9.17, 15) is 4.79 Å². The Balaban J connectivity index is 2.16. The zero-order chi connectivity index (χ0) is 18.8. The van der Waals surface area contributed by atoms with Crippen molar-refractivity contribution in [3.63, 3.8) is 0 Å². The van der Waals surface area contributed by atoms with Gasteiger partial charge in [0.15, 0.2) is 5.58 Å². The Labute approximate surface area is 161 Å². The van der Waals surface area contributed by atoms with Gasteiger partial charge in [0, 0.05) is 21.5 Å². The van der Waals surface area contributed by atoms with Crippen LogP contribution in [0.1, 0.15) is 38.4 Å². The molecule has 1 atom stereocenters. The Hall–Kier alpha value is -1.78. The molecule has 26 heavy (non-hydrogen) atoms. The van der Waals surface area contributed by atoms with Crippen molar-refractivity contribution < 1.29 is 4.42 Å². The monoisotopic (exact) mass is 390 g/mol. The molecule has 0 saturated heterocycles. The number of aromatic nitrogens is 1. The molecule has 0 radical (unpaired) electrons.